The van der Waals surface area contributed by atoms with Crippen molar-refractivity contribution in [3.05, 3.63) is 48.8 Å². The second-order valence-electron chi connectivity index (χ2n) is 6.14. The molecule has 0 amide bonds. The Morgan fingerprint density at radius 2 is 2.04 bits per heavy atom. The molecule has 0 unspecified atom stereocenters. The number of aryl methyl sites for hydroxylation is 2. The topological polar surface area (TPSA) is 72.1 Å². The molecule has 2 N–H and O–H groups in total. The lowest BCUT2D eigenvalue weighted by Gasteiger charge is -2.12. The summed E-state index contributed by atoms with van der Waals surface area (Å²) in [4.78, 5) is 13.3. The zero-order valence-electron chi connectivity index (χ0n) is 15.9. The van der Waals surface area contributed by atoms with Gasteiger partial charge in [-0.05, 0) is 32.4 Å². The van der Waals surface area contributed by atoms with E-state index >= 15 is 0 Å². The maximum Gasteiger partial charge on any atom is 0.191 e. The van der Waals surface area contributed by atoms with E-state index in [4.69, 9.17) is 0 Å². The molecule has 0 fully saturated rings. The molecule has 3 rings (SSSR count). The van der Waals surface area contributed by atoms with Crippen molar-refractivity contribution in [3.63, 3.8) is 0 Å². The number of aliphatic imine (C=N–C) groups is 1. The fraction of sp³-hybridized carbons (Fsp3) is 0.421. The van der Waals surface area contributed by atoms with E-state index < -0.39 is 0 Å². The van der Waals surface area contributed by atoms with Crippen LogP contribution in [0.2, 0.25) is 0 Å². The van der Waals surface area contributed by atoms with Crippen LogP contribution in [-0.4, -0.2) is 44.7 Å². The molecule has 146 valence electrons. The predicted molar refractivity (Wildman–Crippen MR) is 121 cm³/mol. The Balaban J connectivity index is 0.00000261. The lowest BCUT2D eigenvalue weighted by atomic mass is 10.3. The largest absolute Gasteiger partial charge is 0.357 e. The number of halogens is 1. The van der Waals surface area contributed by atoms with E-state index in [1.54, 1.807) is 6.20 Å². The molecule has 0 saturated heterocycles. The molecule has 1 aromatic carbocycles. The van der Waals surface area contributed by atoms with Crippen LogP contribution in [0.1, 0.15) is 19.2 Å². The highest BCUT2D eigenvalue weighted by Crippen LogP contribution is 2.15. The molecule has 0 saturated carbocycles. The summed E-state index contributed by atoms with van der Waals surface area (Å²) in [6.07, 6.45) is 6.55. The van der Waals surface area contributed by atoms with E-state index in [2.05, 4.69) is 62.2 Å². The van der Waals surface area contributed by atoms with Crippen LogP contribution in [-0.2, 0) is 13.1 Å². The quantitative estimate of drug-likeness (QED) is 0.225. The summed E-state index contributed by atoms with van der Waals surface area (Å²) in [6.45, 7) is 8.36. The molecule has 2 aromatic heterocycles. The summed E-state index contributed by atoms with van der Waals surface area (Å²) < 4.78 is 4.31. The van der Waals surface area contributed by atoms with Gasteiger partial charge < -0.3 is 19.8 Å². The van der Waals surface area contributed by atoms with Crippen LogP contribution in [0.15, 0.2) is 48.0 Å². The van der Waals surface area contributed by atoms with Crippen molar-refractivity contribution in [2.75, 3.05) is 19.6 Å². The summed E-state index contributed by atoms with van der Waals surface area (Å²) in [5.41, 5.74) is 2.25. The van der Waals surface area contributed by atoms with Gasteiger partial charge in [-0.3, -0.25) is 4.99 Å². The van der Waals surface area contributed by atoms with Gasteiger partial charge in [-0.2, -0.15) is 0 Å². The van der Waals surface area contributed by atoms with Crippen LogP contribution in [0.5, 0.6) is 0 Å². The number of hydrogen-bond acceptors (Lipinski definition) is 3. The molecule has 0 radical (unpaired) electrons. The van der Waals surface area contributed by atoms with Gasteiger partial charge in [-0.1, -0.05) is 12.1 Å². The maximum absolute atomic E-state index is 4.68. The van der Waals surface area contributed by atoms with E-state index in [9.17, 15) is 0 Å². The Morgan fingerprint density at radius 3 is 2.81 bits per heavy atom. The fourth-order valence-electron chi connectivity index (χ4n) is 2.96. The lowest BCUT2D eigenvalue weighted by molar-refractivity contribution is 0.639. The van der Waals surface area contributed by atoms with E-state index in [1.165, 1.54) is 5.52 Å². The number of guanidine groups is 1. The molecular formula is C19H28IN7. The fourth-order valence-corrected chi connectivity index (χ4v) is 2.96. The Morgan fingerprint density at radius 1 is 1.19 bits per heavy atom. The smallest absolute Gasteiger partial charge is 0.191 e. The molecule has 0 bridgehead atoms. The minimum Gasteiger partial charge on any atom is -0.357 e. The molecule has 0 aliphatic carbocycles. The molecule has 2 heterocycles. The molecule has 27 heavy (non-hydrogen) atoms. The van der Waals surface area contributed by atoms with Gasteiger partial charge in [-0.25, -0.2) is 9.97 Å². The zero-order valence-corrected chi connectivity index (χ0v) is 18.3. The number of nitrogens with zero attached hydrogens (tertiary/aromatic N) is 5. The van der Waals surface area contributed by atoms with E-state index in [0.717, 1.165) is 56.4 Å². The minimum atomic E-state index is 0. The number of fused-ring (bicyclic) bond motifs is 1. The van der Waals surface area contributed by atoms with Gasteiger partial charge in [0, 0.05) is 45.1 Å². The summed E-state index contributed by atoms with van der Waals surface area (Å²) in [6, 6.07) is 8.28. The highest BCUT2D eigenvalue weighted by atomic mass is 127. The third kappa shape index (κ3) is 5.95. The standard InChI is InChI=1S/C19H27N7.HI/c1-3-21-19(23-11-14-25-13-10-20-15-25)22-9-6-12-26-16(2)24-17-7-4-5-8-18(17)26;/h4-5,7-8,10,13,15H,3,6,9,11-12,14H2,1-2H3,(H2,21,22,23);1H. The first-order valence-electron chi connectivity index (χ1n) is 9.17. The highest BCUT2D eigenvalue weighted by Gasteiger charge is 2.05. The minimum absolute atomic E-state index is 0. The second-order valence-corrected chi connectivity index (χ2v) is 6.14. The molecule has 0 aliphatic heterocycles. The lowest BCUT2D eigenvalue weighted by Crippen LogP contribution is -2.38. The van der Waals surface area contributed by atoms with Gasteiger partial charge >= 0.3 is 0 Å². The van der Waals surface area contributed by atoms with Crippen LogP contribution in [0.3, 0.4) is 0 Å². The molecule has 0 atom stereocenters. The number of hydrogen-bond donors (Lipinski definition) is 2. The second kappa shape index (κ2) is 10.9. The third-order valence-electron chi connectivity index (χ3n) is 4.22. The number of nitrogens with one attached hydrogen (secondary N) is 2. The van der Waals surface area contributed by atoms with E-state index in [-0.39, 0.29) is 24.0 Å². The van der Waals surface area contributed by atoms with Gasteiger partial charge in [0.15, 0.2) is 5.96 Å². The summed E-state index contributed by atoms with van der Waals surface area (Å²) in [7, 11) is 0. The number of benzene rings is 1. The van der Waals surface area contributed by atoms with Crippen LogP contribution < -0.4 is 10.6 Å². The number of rotatable bonds is 8. The van der Waals surface area contributed by atoms with Crippen LogP contribution in [0.4, 0.5) is 0 Å². The normalized spacial score (nSPS) is 11.4. The molecule has 0 spiro atoms. The Bertz CT molecular complexity index is 839. The molecule has 3 aromatic rings. The Kier molecular flexibility index (Phi) is 8.56. The van der Waals surface area contributed by atoms with Crippen LogP contribution >= 0.6 is 24.0 Å². The van der Waals surface area contributed by atoms with Gasteiger partial charge in [-0.15, -0.1) is 24.0 Å². The van der Waals surface area contributed by atoms with E-state index in [1.807, 2.05) is 23.2 Å². The van der Waals surface area contributed by atoms with E-state index in [0.29, 0.717) is 0 Å². The average Bonchev–Trinajstić information content (AvgIpc) is 3.26. The Labute approximate surface area is 177 Å². The third-order valence-corrected chi connectivity index (χ3v) is 4.22. The SMILES string of the molecule is CCNC(=NCCCn1c(C)nc2ccccc21)NCCn1ccnc1.I. The van der Waals surface area contributed by atoms with Crippen molar-refractivity contribution in [1.29, 1.82) is 0 Å². The number of imidazole rings is 2. The van der Waals surface area contributed by atoms with Crippen molar-refractivity contribution in [1.82, 2.24) is 29.7 Å². The van der Waals surface area contributed by atoms with Gasteiger partial charge in [0.1, 0.15) is 5.82 Å². The summed E-state index contributed by atoms with van der Waals surface area (Å²) >= 11 is 0. The van der Waals surface area contributed by atoms with Crippen molar-refractivity contribution < 1.29 is 0 Å². The monoisotopic (exact) mass is 481 g/mol. The van der Waals surface area contributed by atoms with Crippen LogP contribution in [0.25, 0.3) is 11.0 Å². The Hall–Kier alpha value is -2.10. The molecular weight excluding hydrogens is 453 g/mol. The molecule has 8 heteroatoms. The van der Waals surface area contributed by atoms with Crippen molar-refractivity contribution in [3.8, 4) is 0 Å². The highest BCUT2D eigenvalue weighted by molar-refractivity contribution is 14.0. The van der Waals surface area contributed by atoms with Gasteiger partial charge in [0.05, 0.1) is 17.4 Å². The first kappa shape index (κ1) is 21.2. The van der Waals surface area contributed by atoms with Crippen molar-refractivity contribution >= 4 is 41.0 Å². The van der Waals surface area contributed by atoms with Gasteiger partial charge in [0.25, 0.3) is 0 Å². The summed E-state index contributed by atoms with van der Waals surface area (Å²) in [5.74, 6) is 1.92. The maximum atomic E-state index is 4.68. The van der Waals surface area contributed by atoms with Gasteiger partial charge in [0.2, 0.25) is 0 Å². The number of aromatic nitrogens is 4. The van der Waals surface area contributed by atoms with Crippen molar-refractivity contribution in [2.45, 2.75) is 33.4 Å². The first-order valence-corrected chi connectivity index (χ1v) is 9.17. The average molecular weight is 481 g/mol. The zero-order chi connectivity index (χ0) is 18.2. The number of para-hydroxylation sites is 2. The van der Waals surface area contributed by atoms with Crippen LogP contribution in [0, 0.1) is 6.92 Å². The first-order chi connectivity index (χ1) is 12.8. The summed E-state index contributed by atoms with van der Waals surface area (Å²) in [5, 5.41) is 6.66. The molecule has 7 nitrogen and oxygen atoms in total. The predicted octanol–water partition coefficient (Wildman–Crippen LogP) is 2.80. The molecule has 0 aliphatic rings. The van der Waals surface area contributed by atoms with Crippen molar-refractivity contribution in [2.24, 2.45) is 4.99 Å².